The van der Waals surface area contributed by atoms with Crippen molar-refractivity contribution in [2.24, 2.45) is 0 Å². The predicted molar refractivity (Wildman–Crippen MR) is 72.6 cm³/mol. The molecular weight excluding hydrogens is 276 g/mol. The van der Waals surface area contributed by atoms with E-state index < -0.39 is 24.2 Å². The quantitative estimate of drug-likeness (QED) is 0.658. The first-order chi connectivity index (χ1) is 10.1. The maximum Gasteiger partial charge on any atom is 0.306 e. The van der Waals surface area contributed by atoms with Gasteiger partial charge in [-0.25, -0.2) is 0 Å². The van der Waals surface area contributed by atoms with Gasteiger partial charge in [-0.15, -0.1) is 0 Å². The monoisotopic (exact) mass is 292 g/mol. The molecule has 7 heteroatoms. The maximum absolute atomic E-state index is 12.0. The van der Waals surface area contributed by atoms with Crippen molar-refractivity contribution in [3.63, 3.8) is 0 Å². The standard InChI is InChI=1S/C14H16N2O5/c17-8-12-11(2-1-10(21-12)7-13(18)19)16-14(20)9-3-5-15-6-4-9/h1-6,10-12,17H,7-8H2,(H,16,20)(H,18,19)/t10-,11-,12+/m1/s1. The van der Waals surface area contributed by atoms with Crippen LogP contribution in [0.25, 0.3) is 0 Å². The first-order valence-corrected chi connectivity index (χ1v) is 6.47. The van der Waals surface area contributed by atoms with Gasteiger partial charge in [0.2, 0.25) is 0 Å². The Labute approximate surface area is 121 Å². The van der Waals surface area contributed by atoms with Gasteiger partial charge in [0.15, 0.2) is 0 Å². The molecule has 7 nitrogen and oxygen atoms in total. The minimum absolute atomic E-state index is 0.183. The van der Waals surface area contributed by atoms with Crippen molar-refractivity contribution in [3.05, 3.63) is 42.2 Å². The van der Waals surface area contributed by atoms with Crippen LogP contribution in [0.3, 0.4) is 0 Å². The van der Waals surface area contributed by atoms with Crippen LogP contribution in [-0.2, 0) is 9.53 Å². The summed E-state index contributed by atoms with van der Waals surface area (Å²) in [6, 6.07) is 2.63. The normalized spacial score (nSPS) is 24.5. The molecule has 112 valence electrons. The van der Waals surface area contributed by atoms with Crippen molar-refractivity contribution >= 4 is 11.9 Å². The van der Waals surface area contributed by atoms with E-state index in [1.807, 2.05) is 0 Å². The Bertz CT molecular complexity index is 531. The number of aliphatic carboxylic acids is 1. The summed E-state index contributed by atoms with van der Waals surface area (Å²) in [5, 5.41) is 20.8. The fraction of sp³-hybridized carbons (Fsp3) is 0.357. The average Bonchev–Trinajstić information content (AvgIpc) is 2.49. The van der Waals surface area contributed by atoms with Crippen LogP contribution < -0.4 is 5.32 Å². The molecule has 1 aliphatic rings. The van der Waals surface area contributed by atoms with Gasteiger partial charge in [0.05, 0.1) is 25.2 Å². The molecule has 0 radical (unpaired) electrons. The number of carboxylic acid groups (broad SMARTS) is 1. The topological polar surface area (TPSA) is 109 Å². The van der Waals surface area contributed by atoms with E-state index in [-0.39, 0.29) is 18.9 Å². The van der Waals surface area contributed by atoms with Gasteiger partial charge < -0.3 is 20.3 Å². The number of hydrogen-bond donors (Lipinski definition) is 3. The lowest BCUT2D eigenvalue weighted by atomic mass is 10.0. The molecule has 21 heavy (non-hydrogen) atoms. The van der Waals surface area contributed by atoms with E-state index in [4.69, 9.17) is 9.84 Å². The molecule has 1 aliphatic heterocycles. The second-order valence-corrected chi connectivity index (χ2v) is 4.61. The summed E-state index contributed by atoms with van der Waals surface area (Å²) < 4.78 is 5.45. The van der Waals surface area contributed by atoms with Gasteiger partial charge in [-0.2, -0.15) is 0 Å². The second-order valence-electron chi connectivity index (χ2n) is 4.61. The molecule has 0 aliphatic carbocycles. The van der Waals surface area contributed by atoms with Gasteiger partial charge in [-0.05, 0) is 12.1 Å². The molecule has 0 aromatic carbocycles. The van der Waals surface area contributed by atoms with Gasteiger partial charge >= 0.3 is 5.97 Å². The van der Waals surface area contributed by atoms with Gasteiger partial charge in [0, 0.05) is 18.0 Å². The summed E-state index contributed by atoms with van der Waals surface area (Å²) in [6.07, 6.45) is 4.79. The van der Waals surface area contributed by atoms with Crippen LogP contribution in [0.2, 0.25) is 0 Å². The van der Waals surface area contributed by atoms with Gasteiger partial charge in [-0.3, -0.25) is 14.6 Å². The van der Waals surface area contributed by atoms with E-state index in [0.717, 1.165) is 0 Å². The number of aliphatic hydroxyl groups is 1. The number of hydrogen-bond acceptors (Lipinski definition) is 5. The number of carboxylic acids is 1. The fourth-order valence-electron chi connectivity index (χ4n) is 2.05. The number of rotatable bonds is 5. The minimum Gasteiger partial charge on any atom is -0.481 e. The zero-order chi connectivity index (χ0) is 15.2. The fourth-order valence-corrected chi connectivity index (χ4v) is 2.05. The lowest BCUT2D eigenvalue weighted by Gasteiger charge is -2.31. The van der Waals surface area contributed by atoms with Gasteiger partial charge in [-0.1, -0.05) is 12.2 Å². The van der Waals surface area contributed by atoms with Crippen LogP contribution in [0.1, 0.15) is 16.8 Å². The number of nitrogens with one attached hydrogen (secondary N) is 1. The van der Waals surface area contributed by atoms with Crippen LogP contribution in [0.15, 0.2) is 36.7 Å². The molecule has 2 heterocycles. The van der Waals surface area contributed by atoms with Crippen LogP contribution in [-0.4, -0.2) is 51.9 Å². The zero-order valence-electron chi connectivity index (χ0n) is 11.2. The summed E-state index contributed by atoms with van der Waals surface area (Å²) in [5.74, 6) is -1.30. The molecule has 0 fully saturated rings. The molecule has 0 bridgehead atoms. The average molecular weight is 292 g/mol. The number of amides is 1. The number of ether oxygens (including phenoxy) is 1. The first-order valence-electron chi connectivity index (χ1n) is 6.47. The lowest BCUT2D eigenvalue weighted by molar-refractivity contribution is -0.141. The molecule has 0 saturated carbocycles. The Balaban J connectivity index is 2.02. The largest absolute Gasteiger partial charge is 0.481 e. The van der Waals surface area contributed by atoms with E-state index in [9.17, 15) is 14.7 Å². The highest BCUT2D eigenvalue weighted by Gasteiger charge is 2.29. The molecule has 3 atom stereocenters. The third-order valence-corrected chi connectivity index (χ3v) is 3.08. The Morgan fingerprint density at radius 1 is 1.29 bits per heavy atom. The Morgan fingerprint density at radius 3 is 2.62 bits per heavy atom. The van der Waals surface area contributed by atoms with E-state index >= 15 is 0 Å². The number of carbonyl (C=O) groups is 2. The number of nitrogens with zero attached hydrogens (tertiary/aromatic N) is 1. The second kappa shape index (κ2) is 6.96. The van der Waals surface area contributed by atoms with Crippen molar-refractivity contribution < 1.29 is 24.5 Å². The Hall–Kier alpha value is -2.25. The van der Waals surface area contributed by atoms with Crippen LogP contribution in [0.4, 0.5) is 0 Å². The first kappa shape index (κ1) is 15.1. The van der Waals surface area contributed by atoms with Gasteiger partial charge in [0.25, 0.3) is 5.91 Å². The van der Waals surface area contributed by atoms with Gasteiger partial charge in [0.1, 0.15) is 6.10 Å². The van der Waals surface area contributed by atoms with E-state index in [1.165, 1.54) is 12.4 Å². The molecular formula is C14H16N2O5. The highest BCUT2D eigenvalue weighted by Crippen LogP contribution is 2.16. The molecule has 0 saturated heterocycles. The predicted octanol–water partition coefficient (Wildman–Crippen LogP) is -0.0294. The van der Waals surface area contributed by atoms with E-state index in [2.05, 4.69) is 10.3 Å². The molecule has 0 spiro atoms. The third-order valence-electron chi connectivity index (χ3n) is 3.08. The Kier molecular flexibility index (Phi) is 5.02. The summed E-state index contributed by atoms with van der Waals surface area (Å²) in [5.41, 5.74) is 0.447. The summed E-state index contributed by atoms with van der Waals surface area (Å²) >= 11 is 0. The number of aliphatic hydroxyl groups excluding tert-OH is 1. The van der Waals surface area contributed by atoms with Crippen molar-refractivity contribution in [3.8, 4) is 0 Å². The van der Waals surface area contributed by atoms with E-state index in [1.54, 1.807) is 24.3 Å². The third kappa shape index (κ3) is 4.11. The molecule has 0 unspecified atom stereocenters. The maximum atomic E-state index is 12.0. The van der Waals surface area contributed by atoms with E-state index in [0.29, 0.717) is 5.56 Å². The van der Waals surface area contributed by atoms with Crippen molar-refractivity contribution in [1.29, 1.82) is 0 Å². The minimum atomic E-state index is -0.986. The molecule has 1 aromatic rings. The van der Waals surface area contributed by atoms with Crippen molar-refractivity contribution in [2.75, 3.05) is 6.61 Å². The smallest absolute Gasteiger partial charge is 0.306 e. The Morgan fingerprint density at radius 2 is 2.00 bits per heavy atom. The summed E-state index contributed by atoms with van der Waals surface area (Å²) in [4.78, 5) is 26.5. The van der Waals surface area contributed by atoms with Crippen molar-refractivity contribution in [2.45, 2.75) is 24.7 Å². The number of carbonyl (C=O) groups excluding carboxylic acids is 1. The molecule has 2 rings (SSSR count). The van der Waals surface area contributed by atoms with Crippen LogP contribution >= 0.6 is 0 Å². The molecule has 1 amide bonds. The number of aromatic nitrogens is 1. The molecule has 3 N–H and O–H groups in total. The van der Waals surface area contributed by atoms with Crippen LogP contribution in [0, 0.1) is 0 Å². The highest BCUT2D eigenvalue weighted by atomic mass is 16.5. The lowest BCUT2D eigenvalue weighted by Crippen LogP contribution is -2.48. The SMILES string of the molecule is O=C(O)C[C@H]1C=C[C@@H](NC(=O)c2ccncc2)[C@H](CO)O1. The zero-order valence-corrected chi connectivity index (χ0v) is 11.2. The summed E-state index contributed by atoms with van der Waals surface area (Å²) in [6.45, 7) is -0.318. The summed E-state index contributed by atoms with van der Waals surface area (Å²) in [7, 11) is 0. The molecule has 1 aromatic heterocycles. The van der Waals surface area contributed by atoms with Crippen molar-refractivity contribution in [1.82, 2.24) is 10.3 Å². The number of pyridine rings is 1. The highest BCUT2D eigenvalue weighted by molar-refractivity contribution is 5.94. The van der Waals surface area contributed by atoms with Crippen LogP contribution in [0.5, 0.6) is 0 Å².